The van der Waals surface area contributed by atoms with E-state index in [1.807, 2.05) is 11.8 Å². The Morgan fingerprint density at radius 3 is 2.76 bits per heavy atom. The third kappa shape index (κ3) is 6.68. The summed E-state index contributed by atoms with van der Waals surface area (Å²) in [6.45, 7) is 2.29. The van der Waals surface area contributed by atoms with Crippen molar-refractivity contribution in [3.05, 3.63) is 18.2 Å². The van der Waals surface area contributed by atoms with Gasteiger partial charge < -0.3 is 20.7 Å². The Labute approximate surface area is 135 Å². The molecule has 0 spiro atoms. The number of anilines is 2. The van der Waals surface area contributed by atoms with Crippen LogP contribution in [-0.2, 0) is 4.79 Å². The highest BCUT2D eigenvalue weighted by Crippen LogP contribution is 2.27. The minimum Gasteiger partial charge on any atom is -0.495 e. The zero-order valence-corrected chi connectivity index (χ0v) is 14.1. The molecular formula is C14H21N3O2S2. The molecule has 21 heavy (non-hydrogen) atoms. The predicted molar refractivity (Wildman–Crippen MR) is 94.5 cm³/mol. The largest absolute Gasteiger partial charge is 0.495 e. The summed E-state index contributed by atoms with van der Waals surface area (Å²) in [6.07, 6.45) is 3.13. The monoisotopic (exact) mass is 327 g/mol. The van der Waals surface area contributed by atoms with Gasteiger partial charge in [-0.3, -0.25) is 4.79 Å². The van der Waals surface area contributed by atoms with E-state index >= 15 is 0 Å². The van der Waals surface area contributed by atoms with E-state index < -0.39 is 0 Å². The lowest BCUT2D eigenvalue weighted by atomic mass is 10.2. The normalized spacial score (nSPS) is 9.86. The van der Waals surface area contributed by atoms with Crippen LogP contribution in [0.5, 0.6) is 5.75 Å². The fraction of sp³-hybridized carbons (Fsp3) is 0.429. The molecule has 0 aliphatic heterocycles. The lowest BCUT2D eigenvalue weighted by molar-refractivity contribution is -0.114. The van der Waals surface area contributed by atoms with Gasteiger partial charge in [-0.25, -0.2) is 0 Å². The summed E-state index contributed by atoms with van der Waals surface area (Å²) in [4.78, 5) is 11.1. The number of rotatable bonds is 7. The van der Waals surface area contributed by atoms with Crippen molar-refractivity contribution in [1.29, 1.82) is 0 Å². The number of benzene rings is 1. The van der Waals surface area contributed by atoms with E-state index in [4.69, 9.17) is 17.0 Å². The second-order valence-corrected chi connectivity index (χ2v) is 5.72. The van der Waals surface area contributed by atoms with Crippen LogP contribution in [0.15, 0.2) is 18.2 Å². The lowest BCUT2D eigenvalue weighted by Crippen LogP contribution is -2.29. The Balaban J connectivity index is 2.66. The summed E-state index contributed by atoms with van der Waals surface area (Å²) in [5.41, 5.74) is 1.40. The Morgan fingerprint density at radius 2 is 2.14 bits per heavy atom. The van der Waals surface area contributed by atoms with Crippen molar-refractivity contribution in [2.45, 2.75) is 13.3 Å². The summed E-state index contributed by atoms with van der Waals surface area (Å²) in [5.74, 6) is 1.64. The molecule has 0 unspecified atom stereocenters. The second-order valence-electron chi connectivity index (χ2n) is 4.32. The van der Waals surface area contributed by atoms with E-state index in [9.17, 15) is 4.79 Å². The van der Waals surface area contributed by atoms with Crippen LogP contribution in [0.1, 0.15) is 13.3 Å². The molecule has 0 heterocycles. The molecule has 5 nitrogen and oxygen atoms in total. The van der Waals surface area contributed by atoms with Gasteiger partial charge in [-0.05, 0) is 48.8 Å². The first-order chi connectivity index (χ1) is 10.1. The van der Waals surface area contributed by atoms with Crippen molar-refractivity contribution >= 4 is 46.4 Å². The van der Waals surface area contributed by atoms with Gasteiger partial charge in [0.25, 0.3) is 0 Å². The van der Waals surface area contributed by atoms with Gasteiger partial charge in [0.1, 0.15) is 5.75 Å². The number of thioether (sulfide) groups is 1. The van der Waals surface area contributed by atoms with Crippen molar-refractivity contribution in [1.82, 2.24) is 5.32 Å². The zero-order valence-electron chi connectivity index (χ0n) is 12.5. The molecule has 0 radical (unpaired) electrons. The maximum absolute atomic E-state index is 11.1. The number of thiocarbonyl (C=S) groups is 1. The SMILES string of the molecule is COc1ccc(NC(C)=O)cc1NC(=S)NCCCSC. The molecule has 1 aromatic carbocycles. The molecule has 0 atom stereocenters. The van der Waals surface area contributed by atoms with E-state index in [1.165, 1.54) is 6.92 Å². The van der Waals surface area contributed by atoms with Gasteiger partial charge in [-0.2, -0.15) is 11.8 Å². The molecule has 0 aliphatic rings. The molecule has 0 bridgehead atoms. The van der Waals surface area contributed by atoms with Gasteiger partial charge in [0.05, 0.1) is 12.8 Å². The number of nitrogens with one attached hydrogen (secondary N) is 3. The Kier molecular flexibility index (Phi) is 7.92. The van der Waals surface area contributed by atoms with Crippen molar-refractivity contribution in [3.8, 4) is 5.75 Å². The van der Waals surface area contributed by atoms with E-state index in [0.29, 0.717) is 22.2 Å². The molecule has 7 heteroatoms. The third-order valence-electron chi connectivity index (χ3n) is 2.58. The van der Waals surface area contributed by atoms with Gasteiger partial charge in [-0.1, -0.05) is 0 Å². The smallest absolute Gasteiger partial charge is 0.221 e. The van der Waals surface area contributed by atoms with Crippen molar-refractivity contribution in [3.63, 3.8) is 0 Å². The van der Waals surface area contributed by atoms with Crippen LogP contribution in [0, 0.1) is 0 Å². The molecule has 0 aromatic heterocycles. The topological polar surface area (TPSA) is 62.4 Å². The molecular weight excluding hydrogens is 306 g/mol. The molecule has 0 saturated carbocycles. The van der Waals surface area contributed by atoms with Gasteiger partial charge in [0, 0.05) is 19.2 Å². The highest BCUT2D eigenvalue weighted by atomic mass is 32.2. The molecule has 0 aliphatic carbocycles. The number of carbonyl (C=O) groups is 1. The lowest BCUT2D eigenvalue weighted by Gasteiger charge is -2.14. The standard InChI is InChI=1S/C14H21N3O2S2/c1-10(18)16-11-5-6-13(19-2)12(9-11)17-14(20)15-7-4-8-21-3/h5-6,9H,4,7-8H2,1-3H3,(H,16,18)(H2,15,17,20). The molecule has 3 N–H and O–H groups in total. The first kappa shape index (κ1) is 17.6. The van der Waals surface area contributed by atoms with Gasteiger partial charge in [0.15, 0.2) is 5.11 Å². The van der Waals surface area contributed by atoms with E-state index in [0.717, 1.165) is 18.7 Å². The van der Waals surface area contributed by atoms with Crippen molar-refractivity contribution in [2.24, 2.45) is 0 Å². The molecule has 0 fully saturated rings. The Bertz CT molecular complexity index is 495. The Morgan fingerprint density at radius 1 is 1.38 bits per heavy atom. The number of carbonyl (C=O) groups excluding carboxylic acids is 1. The fourth-order valence-corrected chi connectivity index (χ4v) is 2.32. The number of amides is 1. The van der Waals surface area contributed by atoms with E-state index in [2.05, 4.69) is 22.2 Å². The summed E-state index contributed by atoms with van der Waals surface area (Å²) in [7, 11) is 1.59. The number of methoxy groups -OCH3 is 1. The van der Waals surface area contributed by atoms with Gasteiger partial charge >= 0.3 is 0 Å². The maximum atomic E-state index is 11.1. The van der Waals surface area contributed by atoms with Crippen LogP contribution >= 0.6 is 24.0 Å². The minimum absolute atomic E-state index is 0.121. The van der Waals surface area contributed by atoms with Crippen LogP contribution in [0.25, 0.3) is 0 Å². The summed E-state index contributed by atoms with van der Waals surface area (Å²) in [5, 5.41) is 9.50. The molecule has 116 valence electrons. The molecule has 1 amide bonds. The highest BCUT2D eigenvalue weighted by Gasteiger charge is 2.07. The van der Waals surface area contributed by atoms with Crippen LogP contribution in [0.3, 0.4) is 0 Å². The predicted octanol–water partition coefficient (Wildman–Crippen LogP) is 2.69. The maximum Gasteiger partial charge on any atom is 0.221 e. The second kappa shape index (κ2) is 9.46. The first-order valence-corrected chi connectivity index (χ1v) is 8.36. The van der Waals surface area contributed by atoms with Crippen LogP contribution in [-0.4, -0.2) is 36.7 Å². The summed E-state index contributed by atoms with van der Waals surface area (Å²) in [6, 6.07) is 5.35. The number of ether oxygens (including phenoxy) is 1. The summed E-state index contributed by atoms with van der Waals surface area (Å²) >= 11 is 7.06. The van der Waals surface area contributed by atoms with Crippen LogP contribution in [0.4, 0.5) is 11.4 Å². The van der Waals surface area contributed by atoms with Crippen molar-refractivity contribution < 1.29 is 9.53 Å². The fourth-order valence-electron chi connectivity index (χ4n) is 1.67. The Hall–Kier alpha value is -1.47. The molecule has 1 rings (SSSR count). The van der Waals surface area contributed by atoms with Gasteiger partial charge in [0.2, 0.25) is 5.91 Å². The first-order valence-electron chi connectivity index (χ1n) is 6.56. The quantitative estimate of drug-likeness (QED) is 0.529. The summed E-state index contributed by atoms with van der Waals surface area (Å²) < 4.78 is 5.28. The average molecular weight is 327 g/mol. The van der Waals surface area contributed by atoms with Gasteiger partial charge in [-0.15, -0.1) is 0 Å². The molecule has 0 saturated heterocycles. The molecule has 1 aromatic rings. The minimum atomic E-state index is -0.121. The number of hydrogen-bond donors (Lipinski definition) is 3. The average Bonchev–Trinajstić information content (AvgIpc) is 2.43. The van der Waals surface area contributed by atoms with E-state index in [-0.39, 0.29) is 5.91 Å². The van der Waals surface area contributed by atoms with Crippen LogP contribution in [0.2, 0.25) is 0 Å². The third-order valence-corrected chi connectivity index (χ3v) is 3.52. The van der Waals surface area contributed by atoms with Crippen LogP contribution < -0.4 is 20.7 Å². The number of hydrogen-bond acceptors (Lipinski definition) is 4. The van der Waals surface area contributed by atoms with E-state index in [1.54, 1.807) is 25.3 Å². The highest BCUT2D eigenvalue weighted by molar-refractivity contribution is 7.98. The van der Waals surface area contributed by atoms with Crippen molar-refractivity contribution in [2.75, 3.05) is 36.3 Å². The zero-order chi connectivity index (χ0) is 15.7.